The lowest BCUT2D eigenvalue weighted by molar-refractivity contribution is -0.135. The molecule has 2 aromatic rings. The first kappa shape index (κ1) is 30.8. The summed E-state index contributed by atoms with van der Waals surface area (Å²) in [6.07, 6.45) is -5.76. The highest BCUT2D eigenvalue weighted by Gasteiger charge is 2.46. The predicted octanol–water partition coefficient (Wildman–Crippen LogP) is -2.25. The van der Waals surface area contributed by atoms with E-state index in [9.17, 15) is 43.8 Å². The average Bonchev–Trinajstić information content (AvgIpc) is 3.40. The number of hydrogen-bond acceptors (Lipinski definition) is 16. The number of nitrogen functional groups attached to an aromatic ring is 1. The number of carboxylic acid groups (broad SMARTS) is 1. The maximum atomic E-state index is 12.2. The molecule has 0 amide bonds. The number of fused-ring (bicyclic) bond motifs is 1. The molecule has 7 atom stereocenters. The van der Waals surface area contributed by atoms with Crippen LogP contribution in [0.1, 0.15) is 13.2 Å². The molecule has 2 aromatic heterocycles. The van der Waals surface area contributed by atoms with E-state index in [1.807, 2.05) is 0 Å². The van der Waals surface area contributed by atoms with Gasteiger partial charge in [-0.2, -0.15) is 4.31 Å². The van der Waals surface area contributed by atoms with Gasteiger partial charge in [0, 0.05) is 0 Å². The Kier molecular flexibility index (Phi) is 9.63. The fourth-order valence-electron chi connectivity index (χ4n) is 3.24. The highest BCUT2D eigenvalue weighted by atomic mass is 31.3. The van der Waals surface area contributed by atoms with Crippen molar-refractivity contribution in [3.63, 3.8) is 0 Å². The first-order valence-corrected chi connectivity index (χ1v) is 13.7. The minimum atomic E-state index is -5.42. The van der Waals surface area contributed by atoms with Crippen molar-refractivity contribution in [3.8, 4) is 0 Å². The van der Waals surface area contributed by atoms with Gasteiger partial charge in [0.1, 0.15) is 42.8 Å². The van der Waals surface area contributed by atoms with Crippen LogP contribution in [-0.2, 0) is 36.8 Å². The van der Waals surface area contributed by atoms with E-state index < -0.39 is 83.5 Å². The van der Waals surface area contributed by atoms with Gasteiger partial charge in [-0.15, -0.1) is 0 Å². The van der Waals surface area contributed by atoms with Gasteiger partial charge in [0.2, 0.25) is 5.78 Å². The number of ether oxygens (including phenoxy) is 1. The number of carbonyl (C=O) groups excluding carboxylic acids is 1. The van der Waals surface area contributed by atoms with Gasteiger partial charge in [0.15, 0.2) is 17.7 Å². The zero-order valence-electron chi connectivity index (χ0n) is 19.8. The second kappa shape index (κ2) is 12.2. The minimum Gasteiger partial charge on any atom is -0.480 e. The van der Waals surface area contributed by atoms with Crippen LogP contribution < -0.4 is 5.73 Å². The quantitative estimate of drug-likeness (QED) is 0.0946. The molecule has 8 N–H and O–H groups in total. The smallest absolute Gasteiger partial charge is 0.480 e. The molecule has 2 unspecified atom stereocenters. The number of carbonyl (C=O) groups is 2. The molecule has 1 saturated heterocycles. The van der Waals surface area contributed by atoms with Crippen LogP contribution in [0.15, 0.2) is 17.6 Å². The molecule has 216 valence electrons. The van der Waals surface area contributed by atoms with Crippen LogP contribution in [0.2, 0.25) is 0 Å². The van der Waals surface area contributed by atoms with Crippen molar-refractivity contribution in [1.82, 2.24) is 19.5 Å². The lowest BCUT2D eigenvalue weighted by atomic mass is 10.1. The van der Waals surface area contributed by atoms with E-state index in [1.165, 1.54) is 10.9 Å². The number of nitrogens with two attached hydrogens (primary N) is 1. The third-order valence-corrected chi connectivity index (χ3v) is 7.71. The van der Waals surface area contributed by atoms with Crippen molar-refractivity contribution < 1.29 is 67.0 Å². The first-order chi connectivity index (χ1) is 18.1. The summed E-state index contributed by atoms with van der Waals surface area (Å²) in [6.45, 7) is -1.81. The average molecular weight is 598 g/mol. The van der Waals surface area contributed by atoms with Crippen LogP contribution in [0.3, 0.4) is 0 Å². The molecule has 39 heavy (non-hydrogen) atoms. The number of Topliss-reactive ketones (excluding diaryl/α,β-unsaturated/α-hetero) is 1. The van der Waals surface area contributed by atoms with Crippen molar-refractivity contribution >= 4 is 50.1 Å². The Labute approximate surface area is 217 Å². The van der Waals surface area contributed by atoms with Gasteiger partial charge >= 0.3 is 21.6 Å². The fraction of sp³-hybridized carbons (Fsp3) is 0.529. The summed E-state index contributed by atoms with van der Waals surface area (Å²) in [5.74, 6) is -2.45. The summed E-state index contributed by atoms with van der Waals surface area (Å²) in [6, 6.07) is 0. The Morgan fingerprint density at radius 1 is 1.18 bits per heavy atom. The lowest BCUT2D eigenvalue weighted by Gasteiger charge is -2.19. The number of aliphatic hydroxyl groups is 3. The number of anilines is 1. The molecule has 1 aliphatic rings. The number of imidazole rings is 1. The molecule has 0 aromatic carbocycles. The Bertz CT molecular complexity index is 1350. The van der Waals surface area contributed by atoms with Crippen molar-refractivity contribution in [1.29, 1.82) is 0 Å². The summed E-state index contributed by atoms with van der Waals surface area (Å²) in [7, 11) is -10.8. The molecule has 0 bridgehead atoms. The minimum absolute atomic E-state index is 0.0408. The molecule has 1 fully saturated rings. The zero-order chi connectivity index (χ0) is 29.1. The lowest BCUT2D eigenvalue weighted by Crippen LogP contribution is -2.33. The molecule has 0 aliphatic carbocycles. The molecule has 0 saturated carbocycles. The van der Waals surface area contributed by atoms with Crippen LogP contribution in [0.25, 0.3) is 11.2 Å². The number of ketones is 1. The predicted molar refractivity (Wildman–Crippen MR) is 125 cm³/mol. The topological polar surface area (TPSA) is 309 Å². The first-order valence-electron chi connectivity index (χ1n) is 10.7. The molecule has 3 rings (SSSR count). The third kappa shape index (κ3) is 7.68. The molecule has 3 heterocycles. The van der Waals surface area contributed by atoms with Gasteiger partial charge in [0.25, 0.3) is 0 Å². The molecular formula is C17H24N6O14P2. The van der Waals surface area contributed by atoms with Gasteiger partial charge in [-0.05, 0) is 6.92 Å². The van der Waals surface area contributed by atoms with E-state index >= 15 is 0 Å². The van der Waals surface area contributed by atoms with Crippen LogP contribution >= 0.6 is 15.6 Å². The maximum absolute atomic E-state index is 12.2. The van der Waals surface area contributed by atoms with E-state index in [1.54, 1.807) is 0 Å². The standard InChI is InChI=1S/C17H24N6O14P2/c1-7(19-2-10(25)26)12(27)8(24)3-34-38(30,31)37-39(32,33)35-4-9-13(28)14(29)17(36-9)23-6-22-11-15(18)20-5-21-16(11)23/h5-6,8-9,13-14,17,24,28-29H,2-4H2,1H3,(H,25,26)(H,30,31)(H,32,33)(H2,18,20,21)/t8-,9-,13-,14-,17-/m1/s1. The number of aromatic nitrogens is 4. The third-order valence-electron chi connectivity index (χ3n) is 5.11. The van der Waals surface area contributed by atoms with Gasteiger partial charge < -0.3 is 40.7 Å². The van der Waals surface area contributed by atoms with E-state index in [2.05, 4.69) is 33.3 Å². The number of phosphoric acid groups is 2. The SMILES string of the molecule is CC(=NCC(=O)O)C(=O)[C@H](O)COP(=O)(O)OP(=O)(O)OC[C@H]1O[C@@H](n2cnc3c(N)ncnc32)[C@H](O)[C@@H]1O. The van der Waals surface area contributed by atoms with Gasteiger partial charge in [-0.25, -0.2) is 24.1 Å². The highest BCUT2D eigenvalue weighted by molar-refractivity contribution is 7.61. The molecular weight excluding hydrogens is 574 g/mol. The Morgan fingerprint density at radius 2 is 1.85 bits per heavy atom. The summed E-state index contributed by atoms with van der Waals surface area (Å²) >= 11 is 0. The number of hydrogen-bond donors (Lipinski definition) is 7. The molecule has 0 spiro atoms. The van der Waals surface area contributed by atoms with E-state index in [-0.39, 0.29) is 17.0 Å². The number of nitrogens with zero attached hydrogens (tertiary/aromatic N) is 5. The van der Waals surface area contributed by atoms with Gasteiger partial charge in [-0.1, -0.05) is 0 Å². The van der Waals surface area contributed by atoms with Crippen LogP contribution in [0.4, 0.5) is 5.82 Å². The maximum Gasteiger partial charge on any atom is 0.481 e. The van der Waals surface area contributed by atoms with Crippen LogP contribution in [0.5, 0.6) is 0 Å². The van der Waals surface area contributed by atoms with Crippen molar-refractivity contribution in [2.45, 2.75) is 37.6 Å². The van der Waals surface area contributed by atoms with E-state index in [0.717, 1.165) is 13.3 Å². The number of carboxylic acids is 1. The Morgan fingerprint density at radius 3 is 2.51 bits per heavy atom. The van der Waals surface area contributed by atoms with Gasteiger partial charge in [0.05, 0.1) is 25.3 Å². The highest BCUT2D eigenvalue weighted by Crippen LogP contribution is 2.60. The Hall–Kier alpha value is -2.74. The Balaban J connectivity index is 1.56. The molecule has 0 radical (unpaired) electrons. The largest absolute Gasteiger partial charge is 0.481 e. The van der Waals surface area contributed by atoms with E-state index in [0.29, 0.717) is 0 Å². The normalized spacial score (nSPS) is 25.7. The van der Waals surface area contributed by atoms with Crippen molar-refractivity contribution in [2.75, 3.05) is 25.5 Å². The number of aliphatic hydroxyl groups excluding tert-OH is 3. The zero-order valence-corrected chi connectivity index (χ0v) is 21.6. The van der Waals surface area contributed by atoms with Crippen molar-refractivity contribution in [3.05, 3.63) is 12.7 Å². The molecule has 20 nitrogen and oxygen atoms in total. The summed E-state index contributed by atoms with van der Waals surface area (Å²) in [5, 5.41) is 39.0. The summed E-state index contributed by atoms with van der Waals surface area (Å²) in [4.78, 5) is 57.0. The van der Waals surface area contributed by atoms with Crippen molar-refractivity contribution in [2.24, 2.45) is 4.99 Å². The van der Waals surface area contributed by atoms with E-state index in [4.69, 9.17) is 15.6 Å². The summed E-state index contributed by atoms with van der Waals surface area (Å²) < 4.78 is 43.9. The van der Waals surface area contributed by atoms with Crippen LogP contribution in [-0.4, -0.2) is 111 Å². The second-order valence-corrected chi connectivity index (χ2v) is 11.0. The van der Waals surface area contributed by atoms with Crippen LogP contribution in [0, 0.1) is 0 Å². The molecule has 22 heteroatoms. The molecule has 1 aliphatic heterocycles. The second-order valence-electron chi connectivity index (χ2n) is 7.91. The van der Waals surface area contributed by atoms with Gasteiger partial charge in [-0.3, -0.25) is 28.2 Å². The number of phosphoric ester groups is 2. The number of aliphatic carboxylic acids is 1. The fourth-order valence-corrected chi connectivity index (χ4v) is 5.33. The summed E-state index contributed by atoms with van der Waals surface area (Å²) in [5.41, 5.74) is 5.62. The number of aliphatic imine (C=N–C) groups is 1. The number of rotatable bonds is 13. The monoisotopic (exact) mass is 598 g/mol.